The van der Waals surface area contributed by atoms with E-state index in [1.165, 1.54) is 19.1 Å². The molecule has 0 unspecified atom stereocenters. The summed E-state index contributed by atoms with van der Waals surface area (Å²) in [7, 11) is -3.35. The van der Waals surface area contributed by atoms with Gasteiger partial charge >= 0.3 is 0 Å². The summed E-state index contributed by atoms with van der Waals surface area (Å²) in [6, 6.07) is 6.23. The number of sulfone groups is 1. The highest BCUT2D eigenvalue weighted by Gasteiger charge is 2.28. The van der Waals surface area contributed by atoms with E-state index < -0.39 is 18.9 Å². The maximum atomic E-state index is 11.8. The van der Waals surface area contributed by atoms with Crippen molar-refractivity contribution in [2.75, 3.05) is 11.5 Å². The summed E-state index contributed by atoms with van der Waals surface area (Å²) in [5, 5.41) is 0. The van der Waals surface area contributed by atoms with Gasteiger partial charge in [0.2, 0.25) is 0 Å². The molecule has 0 fully saturated rings. The van der Waals surface area contributed by atoms with Crippen LogP contribution in [0.2, 0.25) is 0 Å². The van der Waals surface area contributed by atoms with Gasteiger partial charge in [-0.1, -0.05) is 29.5 Å². The highest BCUT2D eigenvalue weighted by Crippen LogP contribution is 2.18. The molecule has 0 aliphatic heterocycles. The van der Waals surface area contributed by atoms with E-state index >= 15 is 0 Å². The smallest absolute Gasteiger partial charge is 0.190 e. The lowest BCUT2D eigenvalue weighted by Gasteiger charge is -2.08. The fraction of sp³-hybridized carbons (Fsp3) is 0.300. The van der Waals surface area contributed by atoms with Crippen LogP contribution in [0.5, 0.6) is 0 Å². The third kappa shape index (κ3) is 2.94. The summed E-state index contributed by atoms with van der Waals surface area (Å²) in [4.78, 5) is 11.8. The molecule has 6 heteroatoms. The van der Waals surface area contributed by atoms with E-state index in [0.717, 1.165) is 0 Å². The Morgan fingerprint density at radius 3 is 2.31 bits per heavy atom. The topological polar surface area (TPSA) is 77.2 Å². The van der Waals surface area contributed by atoms with E-state index in [4.69, 9.17) is 5.73 Å². The van der Waals surface area contributed by atoms with Crippen molar-refractivity contribution in [1.29, 1.82) is 0 Å². The Hall–Kier alpha value is -0.630. The van der Waals surface area contributed by atoms with Crippen LogP contribution in [-0.2, 0) is 9.84 Å². The second kappa shape index (κ2) is 5.13. The molecule has 0 aliphatic rings. The highest BCUT2D eigenvalue weighted by atomic mass is 127. The first-order valence-electron chi connectivity index (χ1n) is 4.64. The normalized spacial score (nSPS) is 13.4. The molecule has 0 bridgehead atoms. The molecule has 4 nitrogen and oxygen atoms in total. The Morgan fingerprint density at radius 1 is 1.38 bits per heavy atom. The minimum atomic E-state index is -3.35. The van der Waals surface area contributed by atoms with Crippen LogP contribution in [0.4, 0.5) is 5.69 Å². The van der Waals surface area contributed by atoms with E-state index in [2.05, 4.69) is 0 Å². The summed E-state index contributed by atoms with van der Waals surface area (Å²) >= 11 is 1.65. The zero-order chi connectivity index (χ0) is 12.3. The Morgan fingerprint density at radius 2 is 1.88 bits per heavy atom. The van der Waals surface area contributed by atoms with Crippen molar-refractivity contribution in [2.45, 2.75) is 10.2 Å². The summed E-state index contributed by atoms with van der Waals surface area (Å²) < 4.78 is 22.0. The van der Waals surface area contributed by atoms with Gasteiger partial charge in [0.15, 0.2) is 18.9 Å². The number of benzene rings is 1. The van der Waals surface area contributed by atoms with Gasteiger partial charge in [-0.25, -0.2) is 8.42 Å². The summed E-state index contributed by atoms with van der Waals surface area (Å²) in [5.74, 6) is -0.441. The average Bonchev–Trinajstić information content (AvgIpc) is 2.28. The number of carbonyl (C=O) groups excluding carboxylic acids is 1. The van der Waals surface area contributed by atoms with Crippen molar-refractivity contribution < 1.29 is 13.2 Å². The van der Waals surface area contributed by atoms with Gasteiger partial charge < -0.3 is 5.73 Å². The minimum absolute atomic E-state index is 0.0404. The van der Waals surface area contributed by atoms with Crippen LogP contribution >= 0.6 is 22.6 Å². The SMILES string of the molecule is CCS(=O)(=O)[C@@H](I)C(=O)c1ccc(N)cc1. The van der Waals surface area contributed by atoms with E-state index in [-0.39, 0.29) is 5.75 Å². The summed E-state index contributed by atoms with van der Waals surface area (Å²) in [6.45, 7) is 1.53. The van der Waals surface area contributed by atoms with Crippen molar-refractivity contribution in [1.82, 2.24) is 0 Å². The number of carbonyl (C=O) groups is 1. The summed E-state index contributed by atoms with van der Waals surface area (Å²) in [6.07, 6.45) is 0. The first-order chi connectivity index (χ1) is 7.38. The maximum Gasteiger partial charge on any atom is 0.190 e. The Bertz CT molecular complexity index is 481. The monoisotopic (exact) mass is 353 g/mol. The molecule has 1 aromatic rings. The van der Waals surface area contributed by atoms with Gasteiger partial charge in [-0.2, -0.15) is 0 Å². The van der Waals surface area contributed by atoms with Gasteiger partial charge in [0.05, 0.1) is 0 Å². The average molecular weight is 353 g/mol. The molecule has 0 radical (unpaired) electrons. The molecule has 0 saturated carbocycles. The van der Waals surface area contributed by atoms with Gasteiger partial charge in [-0.05, 0) is 24.3 Å². The van der Waals surface area contributed by atoms with Crippen LogP contribution in [0, 0.1) is 0 Å². The van der Waals surface area contributed by atoms with Crippen LogP contribution in [0.1, 0.15) is 17.3 Å². The number of anilines is 1. The number of halogens is 1. The molecule has 0 spiro atoms. The van der Waals surface area contributed by atoms with E-state index in [1.807, 2.05) is 0 Å². The van der Waals surface area contributed by atoms with Gasteiger partial charge in [-0.15, -0.1) is 0 Å². The van der Waals surface area contributed by atoms with Crippen molar-refractivity contribution in [3.05, 3.63) is 29.8 Å². The predicted molar refractivity (Wildman–Crippen MR) is 72.5 cm³/mol. The number of rotatable bonds is 4. The highest BCUT2D eigenvalue weighted by molar-refractivity contribution is 14.1. The zero-order valence-electron chi connectivity index (χ0n) is 8.68. The molecule has 1 aromatic carbocycles. The van der Waals surface area contributed by atoms with Gasteiger partial charge in [-0.3, -0.25) is 4.79 Å². The molecule has 16 heavy (non-hydrogen) atoms. The molecule has 0 aromatic heterocycles. The third-order valence-electron chi connectivity index (χ3n) is 2.12. The van der Waals surface area contributed by atoms with Crippen LogP contribution in [-0.4, -0.2) is 23.2 Å². The molecule has 0 heterocycles. The van der Waals surface area contributed by atoms with Crippen LogP contribution in [0.3, 0.4) is 0 Å². The van der Waals surface area contributed by atoms with Crippen molar-refractivity contribution in [3.63, 3.8) is 0 Å². The number of hydrogen-bond donors (Lipinski definition) is 1. The fourth-order valence-electron chi connectivity index (χ4n) is 1.09. The molecule has 0 saturated heterocycles. The third-order valence-corrected chi connectivity index (χ3v) is 6.66. The van der Waals surface area contributed by atoms with Crippen LogP contribution < -0.4 is 5.73 Å². The van der Waals surface area contributed by atoms with Crippen molar-refractivity contribution in [3.8, 4) is 0 Å². The van der Waals surface area contributed by atoms with Gasteiger partial charge in [0.1, 0.15) is 0 Å². The lowest BCUT2D eigenvalue weighted by molar-refractivity contribution is 0.101. The Kier molecular flexibility index (Phi) is 4.31. The summed E-state index contributed by atoms with van der Waals surface area (Å²) in [5.41, 5.74) is 6.39. The first-order valence-corrected chi connectivity index (χ1v) is 7.60. The molecule has 88 valence electrons. The quantitative estimate of drug-likeness (QED) is 0.387. The standard InChI is InChI=1S/C10H12INO3S/c1-2-16(14,15)10(11)9(13)7-3-5-8(12)6-4-7/h3-6,10H,2,12H2,1H3/t10-/m1/s1. The number of hydrogen-bond acceptors (Lipinski definition) is 4. The fourth-order valence-corrected chi connectivity index (χ4v) is 3.28. The van der Waals surface area contributed by atoms with Crippen LogP contribution in [0.25, 0.3) is 0 Å². The van der Waals surface area contributed by atoms with E-state index in [0.29, 0.717) is 11.3 Å². The van der Waals surface area contributed by atoms with Gasteiger partial charge in [0, 0.05) is 17.0 Å². The maximum absolute atomic E-state index is 11.8. The number of nitrogen functional groups attached to an aromatic ring is 1. The second-order valence-corrected chi connectivity index (χ2v) is 7.72. The number of nitrogens with two attached hydrogens (primary N) is 1. The molecule has 1 atom stereocenters. The number of ketones is 1. The lowest BCUT2D eigenvalue weighted by Crippen LogP contribution is -2.25. The zero-order valence-corrected chi connectivity index (χ0v) is 11.7. The van der Waals surface area contributed by atoms with E-state index in [1.54, 1.807) is 34.7 Å². The largest absolute Gasteiger partial charge is 0.399 e. The van der Waals surface area contributed by atoms with Crippen molar-refractivity contribution >= 4 is 43.9 Å². The molecule has 0 amide bonds. The lowest BCUT2D eigenvalue weighted by atomic mass is 10.1. The number of Topliss-reactive ketones (excluding diaryl/α,β-unsaturated/α-hetero) is 1. The molecular formula is C10H12INO3S. The molecular weight excluding hydrogens is 341 g/mol. The molecule has 0 aliphatic carbocycles. The number of alkyl halides is 1. The molecule has 1 rings (SSSR count). The van der Waals surface area contributed by atoms with Gasteiger partial charge in [0.25, 0.3) is 0 Å². The van der Waals surface area contributed by atoms with Crippen LogP contribution in [0.15, 0.2) is 24.3 Å². The Labute approximate surface area is 108 Å². The first kappa shape index (κ1) is 13.4. The predicted octanol–water partition coefficient (Wildman–Crippen LogP) is 1.65. The second-order valence-electron chi connectivity index (χ2n) is 3.25. The minimum Gasteiger partial charge on any atom is -0.399 e. The van der Waals surface area contributed by atoms with E-state index in [9.17, 15) is 13.2 Å². The van der Waals surface area contributed by atoms with Crippen molar-refractivity contribution in [2.24, 2.45) is 0 Å². The molecule has 2 N–H and O–H groups in total. The Balaban J connectivity index is 2.99.